The maximum atomic E-state index is 10.7. The molecule has 2 rings (SSSR count). The number of halogens is 1. The van der Waals surface area contributed by atoms with Crippen LogP contribution in [0.5, 0.6) is 5.75 Å². The van der Waals surface area contributed by atoms with Gasteiger partial charge in [0.25, 0.3) is 0 Å². The summed E-state index contributed by atoms with van der Waals surface area (Å²) in [6, 6.07) is 9.57. The third kappa shape index (κ3) is 2.82. The first-order valence-electron chi connectivity index (χ1n) is 6.53. The minimum atomic E-state index is -0.795. The van der Waals surface area contributed by atoms with Crippen LogP contribution < -0.4 is 4.74 Å². The van der Waals surface area contributed by atoms with Crippen molar-refractivity contribution in [1.82, 2.24) is 0 Å². The Kier molecular flexibility index (Phi) is 4.36. The van der Waals surface area contributed by atoms with Crippen molar-refractivity contribution in [2.24, 2.45) is 0 Å². The van der Waals surface area contributed by atoms with Crippen LogP contribution >= 0.6 is 11.6 Å². The number of methoxy groups -OCH3 is 1. The maximum Gasteiger partial charge on any atom is 0.125 e. The van der Waals surface area contributed by atoms with Gasteiger partial charge in [-0.25, -0.2) is 0 Å². The third-order valence-electron chi connectivity index (χ3n) is 3.59. The highest BCUT2D eigenvalue weighted by Gasteiger charge is 2.19. The summed E-state index contributed by atoms with van der Waals surface area (Å²) < 4.78 is 5.33. The van der Waals surface area contributed by atoms with Crippen molar-refractivity contribution in [2.75, 3.05) is 7.11 Å². The Hall–Kier alpha value is -1.51. The minimum absolute atomic E-state index is 0.573. The molecule has 0 saturated heterocycles. The average Bonchev–Trinajstić information content (AvgIpc) is 2.42. The molecule has 2 nitrogen and oxygen atoms in total. The molecule has 1 atom stereocenters. The van der Waals surface area contributed by atoms with Gasteiger partial charge in [0, 0.05) is 16.1 Å². The average molecular weight is 291 g/mol. The Morgan fingerprint density at radius 1 is 1.00 bits per heavy atom. The molecule has 0 spiro atoms. The number of ether oxygens (including phenoxy) is 1. The zero-order valence-electron chi connectivity index (χ0n) is 12.2. The Bertz CT molecular complexity index is 635. The van der Waals surface area contributed by atoms with E-state index in [1.807, 2.05) is 51.1 Å². The van der Waals surface area contributed by atoms with Crippen LogP contribution in [0.3, 0.4) is 0 Å². The van der Waals surface area contributed by atoms with Gasteiger partial charge in [-0.3, -0.25) is 0 Å². The van der Waals surface area contributed by atoms with Crippen molar-refractivity contribution in [3.05, 3.63) is 63.2 Å². The van der Waals surface area contributed by atoms with Crippen LogP contribution in [-0.4, -0.2) is 12.2 Å². The van der Waals surface area contributed by atoms with E-state index in [1.54, 1.807) is 7.11 Å². The first kappa shape index (κ1) is 14.9. The molecule has 2 aromatic rings. The molecule has 1 unspecified atom stereocenters. The molecule has 0 bridgehead atoms. The molecular weight excluding hydrogens is 272 g/mol. The lowest BCUT2D eigenvalue weighted by Gasteiger charge is -2.18. The number of aliphatic hydroxyl groups excluding tert-OH is 1. The van der Waals surface area contributed by atoms with Crippen molar-refractivity contribution >= 4 is 11.6 Å². The molecular formula is C17H19ClO2. The number of rotatable bonds is 3. The first-order chi connectivity index (χ1) is 9.43. The van der Waals surface area contributed by atoms with Crippen LogP contribution in [0, 0.1) is 20.8 Å². The van der Waals surface area contributed by atoms with Crippen LogP contribution in [0.2, 0.25) is 5.02 Å². The molecule has 106 valence electrons. The van der Waals surface area contributed by atoms with Gasteiger partial charge in [0.1, 0.15) is 11.9 Å². The molecule has 0 heterocycles. The topological polar surface area (TPSA) is 29.5 Å². The zero-order valence-corrected chi connectivity index (χ0v) is 13.0. The summed E-state index contributed by atoms with van der Waals surface area (Å²) in [5, 5.41) is 11.2. The standard InChI is InChI=1S/C17H19ClO2/c1-10-5-6-16(20-4)14(7-10)17(19)13-8-11(2)12(3)9-15(13)18/h5-9,17,19H,1-4H3. The molecule has 0 amide bonds. The summed E-state index contributed by atoms with van der Waals surface area (Å²) in [7, 11) is 1.60. The van der Waals surface area contributed by atoms with Gasteiger partial charge in [-0.2, -0.15) is 0 Å². The van der Waals surface area contributed by atoms with Crippen molar-refractivity contribution in [1.29, 1.82) is 0 Å². The fourth-order valence-electron chi connectivity index (χ4n) is 2.25. The molecule has 1 N–H and O–H groups in total. The minimum Gasteiger partial charge on any atom is -0.496 e. The number of hydrogen-bond acceptors (Lipinski definition) is 2. The summed E-state index contributed by atoms with van der Waals surface area (Å²) in [5.41, 5.74) is 4.73. The summed E-state index contributed by atoms with van der Waals surface area (Å²) in [6.07, 6.45) is -0.795. The highest BCUT2D eigenvalue weighted by atomic mass is 35.5. The second kappa shape index (κ2) is 5.86. The Morgan fingerprint density at radius 2 is 1.65 bits per heavy atom. The number of aryl methyl sites for hydroxylation is 3. The van der Waals surface area contributed by atoms with E-state index >= 15 is 0 Å². The highest BCUT2D eigenvalue weighted by molar-refractivity contribution is 6.31. The van der Waals surface area contributed by atoms with Gasteiger partial charge in [-0.15, -0.1) is 0 Å². The van der Waals surface area contributed by atoms with Gasteiger partial charge in [-0.05, 0) is 50.1 Å². The molecule has 0 aliphatic rings. The van der Waals surface area contributed by atoms with Gasteiger partial charge in [-0.1, -0.05) is 29.3 Å². The lowest BCUT2D eigenvalue weighted by molar-refractivity contribution is 0.214. The fraction of sp³-hybridized carbons (Fsp3) is 0.294. The zero-order chi connectivity index (χ0) is 14.9. The summed E-state index contributed by atoms with van der Waals surface area (Å²) in [6.45, 7) is 6.00. The SMILES string of the molecule is COc1ccc(C)cc1C(O)c1cc(C)c(C)cc1Cl. The normalized spacial score (nSPS) is 12.3. The van der Waals surface area contributed by atoms with E-state index in [4.69, 9.17) is 16.3 Å². The number of benzene rings is 2. The van der Waals surface area contributed by atoms with Crippen LogP contribution in [-0.2, 0) is 0 Å². The summed E-state index contributed by atoms with van der Waals surface area (Å²) in [5.74, 6) is 0.664. The van der Waals surface area contributed by atoms with Crippen LogP contribution in [0.1, 0.15) is 33.9 Å². The summed E-state index contributed by atoms with van der Waals surface area (Å²) >= 11 is 6.28. The second-order valence-corrected chi connectivity index (χ2v) is 5.51. The van der Waals surface area contributed by atoms with Crippen LogP contribution in [0.15, 0.2) is 30.3 Å². The van der Waals surface area contributed by atoms with Crippen LogP contribution in [0.25, 0.3) is 0 Å². The van der Waals surface area contributed by atoms with E-state index in [0.717, 1.165) is 22.3 Å². The second-order valence-electron chi connectivity index (χ2n) is 5.11. The molecule has 0 aliphatic heterocycles. The van der Waals surface area contributed by atoms with E-state index in [2.05, 4.69) is 0 Å². The van der Waals surface area contributed by atoms with Crippen molar-refractivity contribution in [2.45, 2.75) is 26.9 Å². The fourth-order valence-corrected chi connectivity index (χ4v) is 2.57. The van der Waals surface area contributed by atoms with E-state index in [9.17, 15) is 5.11 Å². The lowest BCUT2D eigenvalue weighted by atomic mass is 9.96. The number of hydrogen-bond donors (Lipinski definition) is 1. The molecule has 0 aliphatic carbocycles. The van der Waals surface area contributed by atoms with Gasteiger partial charge < -0.3 is 9.84 Å². The predicted octanol–water partition coefficient (Wildman–Crippen LogP) is 4.36. The number of aliphatic hydroxyl groups is 1. The largest absolute Gasteiger partial charge is 0.496 e. The van der Waals surface area contributed by atoms with Gasteiger partial charge in [0.05, 0.1) is 7.11 Å². The smallest absolute Gasteiger partial charge is 0.125 e. The molecule has 0 aromatic heterocycles. The molecule has 0 radical (unpaired) electrons. The Morgan fingerprint density at radius 3 is 2.30 bits per heavy atom. The predicted molar refractivity (Wildman–Crippen MR) is 82.7 cm³/mol. The van der Waals surface area contributed by atoms with E-state index in [1.165, 1.54) is 0 Å². The van der Waals surface area contributed by atoms with E-state index in [-0.39, 0.29) is 0 Å². The van der Waals surface area contributed by atoms with Crippen molar-refractivity contribution in [3.8, 4) is 5.75 Å². The van der Waals surface area contributed by atoms with E-state index in [0.29, 0.717) is 16.3 Å². The monoisotopic (exact) mass is 290 g/mol. The Labute approximate surface area is 125 Å². The Balaban J connectivity index is 2.54. The molecule has 0 fully saturated rings. The quantitative estimate of drug-likeness (QED) is 0.910. The van der Waals surface area contributed by atoms with Crippen molar-refractivity contribution < 1.29 is 9.84 Å². The van der Waals surface area contributed by atoms with Crippen molar-refractivity contribution in [3.63, 3.8) is 0 Å². The molecule has 20 heavy (non-hydrogen) atoms. The molecule has 2 aromatic carbocycles. The van der Waals surface area contributed by atoms with Crippen LogP contribution in [0.4, 0.5) is 0 Å². The van der Waals surface area contributed by atoms with Gasteiger partial charge in [0.15, 0.2) is 0 Å². The molecule has 3 heteroatoms. The maximum absolute atomic E-state index is 10.7. The van der Waals surface area contributed by atoms with E-state index < -0.39 is 6.10 Å². The lowest BCUT2D eigenvalue weighted by Crippen LogP contribution is -2.04. The summed E-state index contributed by atoms with van der Waals surface area (Å²) in [4.78, 5) is 0. The van der Waals surface area contributed by atoms with Gasteiger partial charge in [0.2, 0.25) is 0 Å². The van der Waals surface area contributed by atoms with Gasteiger partial charge >= 0.3 is 0 Å². The molecule has 0 saturated carbocycles. The third-order valence-corrected chi connectivity index (χ3v) is 3.91. The highest BCUT2D eigenvalue weighted by Crippen LogP contribution is 2.35. The first-order valence-corrected chi connectivity index (χ1v) is 6.91.